The molecule has 2 aromatic rings. The predicted octanol–water partition coefficient (Wildman–Crippen LogP) is 2.80. The first-order valence-electron chi connectivity index (χ1n) is 8.49. The zero-order valence-electron chi connectivity index (χ0n) is 15.1. The maximum atomic E-state index is 10.7. The predicted molar refractivity (Wildman–Crippen MR) is 103 cm³/mol. The standard InChI is InChI=1S/C20H25ClN2O3/c1-14(10-15-6-8-18(9-7-15)26-13-20(22)25)23(2)12-19(24)16-4-3-5-17(21)11-16/h3-9,11,14,19,24H,10,12-13H2,1-2H3,(H2,22,25). The van der Waals surface area contributed by atoms with Crippen LogP contribution in [0, 0.1) is 0 Å². The van der Waals surface area contributed by atoms with Crippen molar-refractivity contribution in [1.29, 1.82) is 0 Å². The van der Waals surface area contributed by atoms with E-state index in [-0.39, 0.29) is 12.6 Å². The molecule has 0 aliphatic heterocycles. The fraction of sp³-hybridized carbons (Fsp3) is 0.350. The second-order valence-electron chi connectivity index (χ2n) is 6.46. The SMILES string of the molecule is CC(Cc1ccc(OCC(N)=O)cc1)N(C)CC(O)c1cccc(Cl)c1. The average Bonchev–Trinajstić information content (AvgIpc) is 2.61. The van der Waals surface area contributed by atoms with E-state index in [4.69, 9.17) is 22.1 Å². The number of aliphatic hydroxyl groups is 1. The molecule has 2 rings (SSSR count). The van der Waals surface area contributed by atoms with Gasteiger partial charge in [0.25, 0.3) is 5.91 Å². The first-order chi connectivity index (χ1) is 12.3. The van der Waals surface area contributed by atoms with Gasteiger partial charge in [-0.3, -0.25) is 4.79 Å². The third-order valence-electron chi connectivity index (χ3n) is 4.28. The molecular weight excluding hydrogens is 352 g/mol. The van der Waals surface area contributed by atoms with Gasteiger partial charge in [0.05, 0.1) is 6.10 Å². The Morgan fingerprint density at radius 2 is 1.96 bits per heavy atom. The van der Waals surface area contributed by atoms with Crippen LogP contribution in [0.2, 0.25) is 5.02 Å². The van der Waals surface area contributed by atoms with Crippen LogP contribution in [0.15, 0.2) is 48.5 Å². The van der Waals surface area contributed by atoms with Gasteiger partial charge < -0.3 is 20.5 Å². The molecule has 2 atom stereocenters. The first-order valence-corrected chi connectivity index (χ1v) is 8.86. The van der Waals surface area contributed by atoms with E-state index in [1.165, 1.54) is 0 Å². The lowest BCUT2D eigenvalue weighted by Crippen LogP contribution is -2.34. The van der Waals surface area contributed by atoms with Crippen LogP contribution in [0.5, 0.6) is 5.75 Å². The summed E-state index contributed by atoms with van der Waals surface area (Å²) in [6, 6.07) is 15.1. The van der Waals surface area contributed by atoms with Crippen molar-refractivity contribution < 1.29 is 14.6 Å². The van der Waals surface area contributed by atoms with Gasteiger partial charge in [0.2, 0.25) is 0 Å². The Kier molecular flexibility index (Phi) is 7.45. The van der Waals surface area contributed by atoms with Crippen LogP contribution in [0.1, 0.15) is 24.2 Å². The van der Waals surface area contributed by atoms with E-state index in [2.05, 4.69) is 11.8 Å². The van der Waals surface area contributed by atoms with Crippen molar-refractivity contribution in [2.24, 2.45) is 5.73 Å². The van der Waals surface area contributed by atoms with Crippen LogP contribution >= 0.6 is 11.6 Å². The highest BCUT2D eigenvalue weighted by molar-refractivity contribution is 6.30. The van der Waals surface area contributed by atoms with Crippen molar-refractivity contribution in [3.63, 3.8) is 0 Å². The molecule has 0 spiro atoms. The molecule has 140 valence electrons. The number of likely N-dealkylation sites (N-methyl/N-ethyl adjacent to an activating group) is 1. The van der Waals surface area contributed by atoms with Gasteiger partial charge >= 0.3 is 0 Å². The van der Waals surface area contributed by atoms with Gasteiger partial charge in [-0.1, -0.05) is 35.9 Å². The number of nitrogens with two attached hydrogens (primary N) is 1. The summed E-state index contributed by atoms with van der Waals surface area (Å²) >= 11 is 5.99. The summed E-state index contributed by atoms with van der Waals surface area (Å²) < 4.78 is 5.26. The van der Waals surface area contributed by atoms with E-state index in [9.17, 15) is 9.90 Å². The molecule has 2 unspecified atom stereocenters. The van der Waals surface area contributed by atoms with Crippen LogP contribution in [0.25, 0.3) is 0 Å². The maximum Gasteiger partial charge on any atom is 0.255 e. The zero-order chi connectivity index (χ0) is 19.1. The molecule has 0 aromatic heterocycles. The van der Waals surface area contributed by atoms with Crippen molar-refractivity contribution in [1.82, 2.24) is 4.90 Å². The Balaban J connectivity index is 1.88. The molecule has 2 aromatic carbocycles. The number of hydrogen-bond donors (Lipinski definition) is 2. The third-order valence-corrected chi connectivity index (χ3v) is 4.52. The largest absolute Gasteiger partial charge is 0.484 e. The second-order valence-corrected chi connectivity index (χ2v) is 6.90. The number of primary amides is 1. The molecule has 0 bridgehead atoms. The number of carbonyl (C=O) groups excluding carboxylic acids is 1. The number of halogens is 1. The molecule has 0 heterocycles. The maximum absolute atomic E-state index is 10.7. The monoisotopic (exact) mass is 376 g/mol. The van der Waals surface area contributed by atoms with E-state index in [0.717, 1.165) is 17.5 Å². The van der Waals surface area contributed by atoms with Gasteiger partial charge in [-0.25, -0.2) is 0 Å². The molecule has 26 heavy (non-hydrogen) atoms. The second kappa shape index (κ2) is 9.57. The van der Waals surface area contributed by atoms with E-state index in [1.54, 1.807) is 12.1 Å². The Morgan fingerprint density at radius 3 is 2.58 bits per heavy atom. The lowest BCUT2D eigenvalue weighted by atomic mass is 10.0. The molecule has 0 aliphatic carbocycles. The van der Waals surface area contributed by atoms with E-state index < -0.39 is 12.0 Å². The Bertz CT molecular complexity index is 721. The molecule has 5 nitrogen and oxygen atoms in total. The van der Waals surface area contributed by atoms with Gasteiger partial charge in [-0.2, -0.15) is 0 Å². The minimum Gasteiger partial charge on any atom is -0.484 e. The highest BCUT2D eigenvalue weighted by Gasteiger charge is 2.16. The topological polar surface area (TPSA) is 75.8 Å². The summed E-state index contributed by atoms with van der Waals surface area (Å²) in [5, 5.41) is 11.0. The van der Waals surface area contributed by atoms with Crippen LogP contribution < -0.4 is 10.5 Å². The van der Waals surface area contributed by atoms with Crippen molar-refractivity contribution in [3.8, 4) is 5.75 Å². The van der Waals surface area contributed by atoms with Crippen molar-refractivity contribution in [3.05, 3.63) is 64.7 Å². The zero-order valence-corrected chi connectivity index (χ0v) is 15.8. The fourth-order valence-corrected chi connectivity index (χ4v) is 2.84. The lowest BCUT2D eigenvalue weighted by molar-refractivity contribution is -0.119. The summed E-state index contributed by atoms with van der Waals surface area (Å²) in [7, 11) is 1.99. The van der Waals surface area contributed by atoms with Crippen molar-refractivity contribution in [2.75, 3.05) is 20.2 Å². The number of benzene rings is 2. The quantitative estimate of drug-likeness (QED) is 0.705. The molecular formula is C20H25ClN2O3. The van der Waals surface area contributed by atoms with E-state index >= 15 is 0 Å². The van der Waals surface area contributed by atoms with Gasteiger partial charge in [-0.05, 0) is 55.8 Å². The van der Waals surface area contributed by atoms with Gasteiger partial charge in [0.1, 0.15) is 5.75 Å². The Hall–Kier alpha value is -2.08. The first kappa shape index (κ1) is 20.2. The highest BCUT2D eigenvalue weighted by Crippen LogP contribution is 2.20. The normalized spacial score (nSPS) is 13.4. The van der Waals surface area contributed by atoms with Crippen molar-refractivity contribution in [2.45, 2.75) is 25.5 Å². The van der Waals surface area contributed by atoms with E-state index in [1.807, 2.05) is 43.4 Å². The number of ether oxygens (including phenoxy) is 1. The number of carbonyl (C=O) groups is 1. The molecule has 0 saturated carbocycles. The molecule has 6 heteroatoms. The summed E-state index contributed by atoms with van der Waals surface area (Å²) in [5.74, 6) is 0.118. The smallest absolute Gasteiger partial charge is 0.255 e. The van der Waals surface area contributed by atoms with Gasteiger partial charge in [-0.15, -0.1) is 0 Å². The Morgan fingerprint density at radius 1 is 1.27 bits per heavy atom. The van der Waals surface area contributed by atoms with Crippen LogP contribution in [-0.2, 0) is 11.2 Å². The molecule has 1 amide bonds. The Labute approximate surface area is 159 Å². The number of nitrogens with zero attached hydrogens (tertiary/aromatic N) is 1. The number of aliphatic hydroxyl groups excluding tert-OH is 1. The van der Waals surface area contributed by atoms with Gasteiger partial charge in [0, 0.05) is 17.6 Å². The summed E-state index contributed by atoms with van der Waals surface area (Å²) in [4.78, 5) is 12.8. The lowest BCUT2D eigenvalue weighted by Gasteiger charge is -2.27. The van der Waals surface area contributed by atoms with Gasteiger partial charge in [0.15, 0.2) is 6.61 Å². The van der Waals surface area contributed by atoms with E-state index in [0.29, 0.717) is 17.3 Å². The van der Waals surface area contributed by atoms with Crippen molar-refractivity contribution >= 4 is 17.5 Å². The summed E-state index contributed by atoms with van der Waals surface area (Å²) in [6.45, 7) is 2.50. The molecule has 0 radical (unpaired) electrons. The van der Waals surface area contributed by atoms with Crippen LogP contribution in [-0.4, -0.2) is 42.2 Å². The van der Waals surface area contributed by atoms with Crippen LogP contribution in [0.3, 0.4) is 0 Å². The average molecular weight is 377 g/mol. The fourth-order valence-electron chi connectivity index (χ4n) is 2.65. The number of amides is 1. The molecule has 3 N–H and O–H groups in total. The van der Waals surface area contributed by atoms with Crippen LogP contribution in [0.4, 0.5) is 0 Å². The number of rotatable bonds is 9. The molecule has 0 fully saturated rings. The summed E-state index contributed by atoms with van der Waals surface area (Å²) in [5.41, 5.74) is 7.02. The highest BCUT2D eigenvalue weighted by atomic mass is 35.5. The third kappa shape index (κ3) is 6.33. The molecule has 0 saturated heterocycles. The summed E-state index contributed by atoms with van der Waals surface area (Å²) in [6.07, 6.45) is 0.236. The molecule has 0 aliphatic rings. The minimum atomic E-state index is -0.592. The minimum absolute atomic E-state index is 0.125. The number of hydrogen-bond acceptors (Lipinski definition) is 4.